The minimum atomic E-state index is -0.416. The highest BCUT2D eigenvalue weighted by molar-refractivity contribution is 5.23. The fourth-order valence-electron chi connectivity index (χ4n) is 2.60. The monoisotopic (exact) mass is 271 g/mol. The zero-order valence-electron chi connectivity index (χ0n) is 11.4. The lowest BCUT2D eigenvalue weighted by atomic mass is 10.1. The average molecular weight is 271 g/mol. The lowest BCUT2D eigenvalue weighted by molar-refractivity contribution is 0.241. The number of aryl methyl sites for hydroxylation is 1. The van der Waals surface area contributed by atoms with Crippen LogP contribution in [-0.4, -0.2) is 21.4 Å². The fraction of sp³-hybridized carbons (Fsp3) is 0.333. The van der Waals surface area contributed by atoms with Gasteiger partial charge in [0.25, 0.3) is 5.56 Å². The molecule has 5 heteroatoms. The molecule has 1 aliphatic rings. The molecule has 0 unspecified atom stereocenters. The zero-order valence-corrected chi connectivity index (χ0v) is 11.4. The van der Waals surface area contributed by atoms with Crippen LogP contribution in [-0.2, 0) is 19.5 Å². The number of H-pyrrole nitrogens is 2. The van der Waals surface area contributed by atoms with Gasteiger partial charge >= 0.3 is 5.69 Å². The smallest absolute Gasteiger partial charge is 0.311 e. The first-order valence-electron chi connectivity index (χ1n) is 6.74. The van der Waals surface area contributed by atoms with Crippen LogP contribution in [0.5, 0.6) is 0 Å². The molecule has 0 bridgehead atoms. The van der Waals surface area contributed by atoms with E-state index in [-0.39, 0.29) is 5.56 Å². The maximum atomic E-state index is 11.8. The highest BCUT2D eigenvalue weighted by atomic mass is 16.2. The van der Waals surface area contributed by atoms with E-state index in [1.165, 1.54) is 11.1 Å². The Morgan fingerprint density at radius 3 is 2.65 bits per heavy atom. The Morgan fingerprint density at radius 2 is 1.90 bits per heavy atom. The number of hydrogen-bond acceptors (Lipinski definition) is 3. The van der Waals surface area contributed by atoms with Crippen LogP contribution in [0.1, 0.15) is 22.4 Å². The third kappa shape index (κ3) is 2.58. The summed E-state index contributed by atoms with van der Waals surface area (Å²) in [5, 5.41) is 0. The summed E-state index contributed by atoms with van der Waals surface area (Å²) in [5.41, 5.74) is 3.26. The number of nitrogens with one attached hydrogen (secondary N) is 2. The van der Waals surface area contributed by atoms with Gasteiger partial charge in [-0.1, -0.05) is 29.8 Å². The Morgan fingerprint density at radius 1 is 1.15 bits per heavy atom. The molecule has 0 fully saturated rings. The summed E-state index contributed by atoms with van der Waals surface area (Å²) in [6, 6.07) is 8.42. The molecule has 20 heavy (non-hydrogen) atoms. The maximum Gasteiger partial charge on any atom is 0.325 e. The topological polar surface area (TPSA) is 69.0 Å². The molecule has 2 N–H and O–H groups in total. The van der Waals surface area contributed by atoms with Crippen LogP contribution in [0, 0.1) is 6.92 Å². The molecule has 0 aliphatic carbocycles. The lowest BCUT2D eigenvalue weighted by Crippen LogP contribution is -2.38. The highest BCUT2D eigenvalue weighted by Gasteiger charge is 2.19. The van der Waals surface area contributed by atoms with E-state index in [4.69, 9.17) is 0 Å². The van der Waals surface area contributed by atoms with Crippen molar-refractivity contribution in [2.45, 2.75) is 26.4 Å². The van der Waals surface area contributed by atoms with Crippen LogP contribution in [0.15, 0.2) is 33.9 Å². The molecular weight excluding hydrogens is 254 g/mol. The number of fused-ring (bicyclic) bond motifs is 1. The van der Waals surface area contributed by atoms with Gasteiger partial charge in [-0.15, -0.1) is 0 Å². The van der Waals surface area contributed by atoms with Crippen molar-refractivity contribution in [1.82, 2.24) is 14.9 Å². The van der Waals surface area contributed by atoms with Crippen LogP contribution < -0.4 is 11.2 Å². The number of rotatable bonds is 2. The van der Waals surface area contributed by atoms with E-state index in [1.54, 1.807) is 0 Å². The van der Waals surface area contributed by atoms with E-state index in [9.17, 15) is 9.59 Å². The normalized spacial score (nSPS) is 15.1. The van der Waals surface area contributed by atoms with Gasteiger partial charge in [-0.05, 0) is 12.5 Å². The Labute approximate surface area is 116 Å². The van der Waals surface area contributed by atoms with Gasteiger partial charge in [0.1, 0.15) is 0 Å². The van der Waals surface area contributed by atoms with Crippen LogP contribution >= 0.6 is 0 Å². The lowest BCUT2D eigenvalue weighted by Gasteiger charge is -2.27. The molecule has 0 radical (unpaired) electrons. The van der Waals surface area contributed by atoms with E-state index < -0.39 is 5.69 Å². The summed E-state index contributed by atoms with van der Waals surface area (Å²) < 4.78 is 0. The minimum absolute atomic E-state index is 0.266. The van der Waals surface area contributed by atoms with Crippen molar-refractivity contribution >= 4 is 0 Å². The van der Waals surface area contributed by atoms with Gasteiger partial charge in [-0.3, -0.25) is 14.7 Å². The molecule has 5 nitrogen and oxygen atoms in total. The summed E-state index contributed by atoms with van der Waals surface area (Å²) in [5.74, 6) is 0. The van der Waals surface area contributed by atoms with Gasteiger partial charge in [0.2, 0.25) is 0 Å². The summed E-state index contributed by atoms with van der Waals surface area (Å²) >= 11 is 0. The van der Waals surface area contributed by atoms with Crippen molar-refractivity contribution in [2.24, 2.45) is 0 Å². The van der Waals surface area contributed by atoms with Crippen LogP contribution in [0.2, 0.25) is 0 Å². The van der Waals surface area contributed by atoms with Crippen molar-refractivity contribution in [2.75, 3.05) is 6.54 Å². The van der Waals surface area contributed by atoms with Crippen molar-refractivity contribution in [3.63, 3.8) is 0 Å². The third-order valence-corrected chi connectivity index (χ3v) is 3.72. The van der Waals surface area contributed by atoms with Crippen LogP contribution in [0.25, 0.3) is 0 Å². The maximum absolute atomic E-state index is 11.8. The number of aromatic amines is 2. The Balaban J connectivity index is 1.80. The quantitative estimate of drug-likeness (QED) is 0.853. The molecule has 1 aromatic heterocycles. The van der Waals surface area contributed by atoms with Crippen molar-refractivity contribution in [1.29, 1.82) is 0 Å². The van der Waals surface area contributed by atoms with E-state index in [2.05, 4.69) is 46.1 Å². The zero-order chi connectivity index (χ0) is 14.1. The van der Waals surface area contributed by atoms with Crippen LogP contribution in [0.4, 0.5) is 0 Å². The number of nitrogens with zero attached hydrogens (tertiary/aromatic N) is 1. The first kappa shape index (κ1) is 12.9. The molecule has 2 aromatic rings. The first-order valence-corrected chi connectivity index (χ1v) is 6.74. The second-order valence-electron chi connectivity index (χ2n) is 5.31. The van der Waals surface area contributed by atoms with Gasteiger partial charge in [0.15, 0.2) is 0 Å². The average Bonchev–Trinajstić information content (AvgIpc) is 2.42. The summed E-state index contributed by atoms with van der Waals surface area (Å²) in [4.78, 5) is 30.3. The van der Waals surface area contributed by atoms with E-state index in [0.717, 1.165) is 18.8 Å². The predicted molar refractivity (Wildman–Crippen MR) is 76.7 cm³/mol. The molecule has 0 saturated heterocycles. The molecule has 2 heterocycles. The Hall–Kier alpha value is -2.14. The summed E-state index contributed by atoms with van der Waals surface area (Å²) in [6.07, 6.45) is 0.709. The molecule has 1 aromatic carbocycles. The second-order valence-corrected chi connectivity index (χ2v) is 5.31. The molecule has 104 valence electrons. The van der Waals surface area contributed by atoms with Gasteiger partial charge < -0.3 is 4.98 Å². The molecule has 0 amide bonds. The van der Waals surface area contributed by atoms with Gasteiger partial charge in [-0.25, -0.2) is 4.79 Å². The molecule has 0 atom stereocenters. The van der Waals surface area contributed by atoms with Crippen molar-refractivity contribution in [3.8, 4) is 0 Å². The van der Waals surface area contributed by atoms with Crippen LogP contribution in [0.3, 0.4) is 0 Å². The Kier molecular flexibility index (Phi) is 3.28. The molecule has 0 spiro atoms. The van der Waals surface area contributed by atoms with Gasteiger partial charge in [0, 0.05) is 31.7 Å². The van der Waals surface area contributed by atoms with Crippen molar-refractivity contribution < 1.29 is 0 Å². The van der Waals surface area contributed by atoms with Crippen molar-refractivity contribution in [3.05, 3.63) is 67.5 Å². The van der Waals surface area contributed by atoms with Gasteiger partial charge in [-0.2, -0.15) is 0 Å². The molecule has 0 saturated carbocycles. The number of aromatic nitrogens is 2. The number of hydrogen-bond donors (Lipinski definition) is 2. The SMILES string of the molecule is Cc1ccc(CN2CCc3[nH]c(=O)[nH]c(=O)c3C2)cc1. The standard InChI is InChI=1S/C15H17N3O2/c1-10-2-4-11(5-3-10)8-18-7-6-13-12(9-18)14(19)17-15(20)16-13/h2-5H,6-9H2,1H3,(H2,16,17,19,20). The summed E-state index contributed by atoms with van der Waals surface area (Å²) in [6.45, 7) is 4.31. The van der Waals surface area contributed by atoms with E-state index >= 15 is 0 Å². The highest BCUT2D eigenvalue weighted by Crippen LogP contribution is 2.15. The molecule has 1 aliphatic heterocycles. The largest absolute Gasteiger partial charge is 0.325 e. The second kappa shape index (κ2) is 5.09. The van der Waals surface area contributed by atoms with Gasteiger partial charge in [0.05, 0.1) is 5.56 Å². The third-order valence-electron chi connectivity index (χ3n) is 3.72. The fourth-order valence-corrected chi connectivity index (χ4v) is 2.60. The first-order chi connectivity index (χ1) is 9.61. The minimum Gasteiger partial charge on any atom is -0.311 e. The predicted octanol–water partition coefficient (Wildman–Crippen LogP) is 0.930. The summed E-state index contributed by atoms with van der Waals surface area (Å²) in [7, 11) is 0. The Bertz CT molecular complexity index is 728. The van der Waals surface area contributed by atoms with E-state index in [0.29, 0.717) is 18.5 Å². The molecular formula is C15H17N3O2. The molecule has 3 rings (SSSR count). The van der Waals surface area contributed by atoms with E-state index in [1.807, 2.05) is 0 Å². The number of benzene rings is 1.